The second-order valence-corrected chi connectivity index (χ2v) is 5.41. The molecule has 0 bridgehead atoms. The standard InChI is InChI=1S/C16H22FN3O/c1-13(2)11-18-12-14-4-5-16(15(17)10-14)21-9-8-20-7-3-6-19-20/h3-7,10,13,18H,8-9,11-12H2,1-2H3. The molecule has 1 heterocycles. The van der Waals surface area contributed by atoms with Crippen LogP contribution in [0.4, 0.5) is 4.39 Å². The van der Waals surface area contributed by atoms with E-state index in [4.69, 9.17) is 4.74 Å². The highest BCUT2D eigenvalue weighted by molar-refractivity contribution is 5.29. The molecule has 4 nitrogen and oxygen atoms in total. The van der Waals surface area contributed by atoms with Crippen molar-refractivity contribution in [3.63, 3.8) is 0 Å². The third-order valence-corrected chi connectivity index (χ3v) is 3.02. The molecule has 0 spiro atoms. The largest absolute Gasteiger partial charge is 0.489 e. The molecule has 5 heteroatoms. The summed E-state index contributed by atoms with van der Waals surface area (Å²) < 4.78 is 21.1. The third kappa shape index (κ3) is 5.19. The van der Waals surface area contributed by atoms with Gasteiger partial charge in [0.1, 0.15) is 6.61 Å². The molecule has 0 amide bonds. The van der Waals surface area contributed by atoms with E-state index in [2.05, 4.69) is 24.3 Å². The van der Waals surface area contributed by atoms with Crippen LogP contribution in [0.15, 0.2) is 36.7 Å². The Kier molecular flexibility index (Phi) is 5.75. The van der Waals surface area contributed by atoms with E-state index in [0.717, 1.165) is 12.1 Å². The summed E-state index contributed by atoms with van der Waals surface area (Å²) in [7, 11) is 0. The lowest BCUT2D eigenvalue weighted by Gasteiger charge is -2.10. The summed E-state index contributed by atoms with van der Waals surface area (Å²) in [6.07, 6.45) is 3.56. The van der Waals surface area contributed by atoms with Gasteiger partial charge in [0.15, 0.2) is 11.6 Å². The maximum atomic E-state index is 13.9. The summed E-state index contributed by atoms with van der Waals surface area (Å²) in [5, 5.41) is 7.36. The lowest BCUT2D eigenvalue weighted by atomic mass is 10.2. The summed E-state index contributed by atoms with van der Waals surface area (Å²) in [4.78, 5) is 0. The lowest BCUT2D eigenvalue weighted by Crippen LogP contribution is -2.19. The monoisotopic (exact) mass is 291 g/mol. The first-order chi connectivity index (χ1) is 10.1. The third-order valence-electron chi connectivity index (χ3n) is 3.02. The molecule has 114 valence electrons. The van der Waals surface area contributed by atoms with Crippen LogP contribution in [0.2, 0.25) is 0 Å². The van der Waals surface area contributed by atoms with Crippen LogP contribution in [0, 0.1) is 11.7 Å². The molecular formula is C16H22FN3O. The summed E-state index contributed by atoms with van der Waals surface area (Å²) in [6.45, 7) is 6.87. The first-order valence-corrected chi connectivity index (χ1v) is 7.24. The second kappa shape index (κ2) is 7.78. The molecule has 0 saturated carbocycles. The minimum atomic E-state index is -0.320. The number of aromatic nitrogens is 2. The van der Waals surface area contributed by atoms with Crippen LogP contribution in [0.3, 0.4) is 0 Å². The van der Waals surface area contributed by atoms with Gasteiger partial charge in [0.25, 0.3) is 0 Å². The van der Waals surface area contributed by atoms with Crippen molar-refractivity contribution in [3.8, 4) is 5.75 Å². The molecule has 0 aliphatic carbocycles. The van der Waals surface area contributed by atoms with Gasteiger partial charge in [-0.25, -0.2) is 4.39 Å². The Morgan fingerprint density at radius 2 is 2.24 bits per heavy atom. The van der Waals surface area contributed by atoms with Gasteiger partial charge >= 0.3 is 0 Å². The van der Waals surface area contributed by atoms with Crippen LogP contribution in [0.25, 0.3) is 0 Å². The zero-order chi connectivity index (χ0) is 15.1. The van der Waals surface area contributed by atoms with E-state index in [1.807, 2.05) is 18.3 Å². The Labute approximate surface area is 124 Å². The van der Waals surface area contributed by atoms with Gasteiger partial charge in [-0.1, -0.05) is 19.9 Å². The predicted molar refractivity (Wildman–Crippen MR) is 80.7 cm³/mol. The van der Waals surface area contributed by atoms with Gasteiger partial charge in [0.05, 0.1) is 6.54 Å². The molecule has 1 aromatic carbocycles. The lowest BCUT2D eigenvalue weighted by molar-refractivity contribution is 0.278. The fraction of sp³-hybridized carbons (Fsp3) is 0.438. The SMILES string of the molecule is CC(C)CNCc1ccc(OCCn2cccn2)c(F)c1. The van der Waals surface area contributed by atoms with Crippen LogP contribution in [-0.2, 0) is 13.1 Å². The smallest absolute Gasteiger partial charge is 0.165 e. The van der Waals surface area contributed by atoms with Crippen molar-refractivity contribution in [2.24, 2.45) is 5.92 Å². The minimum Gasteiger partial charge on any atom is -0.489 e. The van der Waals surface area contributed by atoms with Crippen LogP contribution >= 0.6 is 0 Å². The Morgan fingerprint density at radius 3 is 2.90 bits per heavy atom. The van der Waals surface area contributed by atoms with Gasteiger partial charge in [-0.2, -0.15) is 5.10 Å². The van der Waals surface area contributed by atoms with Crippen molar-refractivity contribution in [2.45, 2.75) is 26.9 Å². The van der Waals surface area contributed by atoms with Crippen molar-refractivity contribution in [1.82, 2.24) is 15.1 Å². The van der Waals surface area contributed by atoms with Crippen molar-refractivity contribution in [2.75, 3.05) is 13.2 Å². The molecule has 0 saturated heterocycles. The van der Waals surface area contributed by atoms with E-state index in [1.165, 1.54) is 6.07 Å². The minimum absolute atomic E-state index is 0.287. The maximum Gasteiger partial charge on any atom is 0.165 e. The van der Waals surface area contributed by atoms with Gasteiger partial charge in [-0.3, -0.25) is 4.68 Å². The fourth-order valence-corrected chi connectivity index (χ4v) is 1.96. The van der Waals surface area contributed by atoms with Crippen LogP contribution in [0.5, 0.6) is 5.75 Å². The van der Waals surface area contributed by atoms with Gasteiger partial charge in [0.2, 0.25) is 0 Å². The predicted octanol–water partition coefficient (Wildman–Crippen LogP) is 2.85. The van der Waals surface area contributed by atoms with E-state index in [1.54, 1.807) is 16.9 Å². The molecule has 1 N–H and O–H groups in total. The maximum absolute atomic E-state index is 13.9. The first kappa shape index (κ1) is 15.5. The van der Waals surface area contributed by atoms with E-state index < -0.39 is 0 Å². The summed E-state index contributed by atoms with van der Waals surface area (Å²) >= 11 is 0. The van der Waals surface area contributed by atoms with Crippen molar-refractivity contribution < 1.29 is 9.13 Å². The normalized spacial score (nSPS) is 11.0. The van der Waals surface area contributed by atoms with E-state index in [9.17, 15) is 4.39 Å². The molecule has 0 fully saturated rings. The number of hydrogen-bond acceptors (Lipinski definition) is 3. The summed E-state index contributed by atoms with van der Waals surface area (Å²) in [6, 6.07) is 6.95. The average molecular weight is 291 g/mol. The first-order valence-electron chi connectivity index (χ1n) is 7.24. The van der Waals surface area contributed by atoms with Gasteiger partial charge in [-0.05, 0) is 36.2 Å². The summed E-state index contributed by atoms with van der Waals surface area (Å²) in [5.41, 5.74) is 0.924. The van der Waals surface area contributed by atoms with E-state index in [0.29, 0.717) is 25.6 Å². The Balaban J connectivity index is 1.81. The topological polar surface area (TPSA) is 39.1 Å². The molecule has 2 rings (SSSR count). The number of benzene rings is 1. The van der Waals surface area contributed by atoms with Crippen LogP contribution in [-0.4, -0.2) is 22.9 Å². The molecule has 1 aromatic heterocycles. The van der Waals surface area contributed by atoms with Crippen molar-refractivity contribution >= 4 is 0 Å². The number of halogens is 1. The highest BCUT2D eigenvalue weighted by atomic mass is 19.1. The van der Waals surface area contributed by atoms with Crippen LogP contribution < -0.4 is 10.1 Å². The highest BCUT2D eigenvalue weighted by Gasteiger charge is 2.05. The van der Waals surface area contributed by atoms with E-state index in [-0.39, 0.29) is 11.6 Å². The number of rotatable bonds is 8. The quantitative estimate of drug-likeness (QED) is 0.813. The number of ether oxygens (including phenoxy) is 1. The average Bonchev–Trinajstić information content (AvgIpc) is 2.94. The molecule has 0 radical (unpaired) electrons. The van der Waals surface area contributed by atoms with Crippen molar-refractivity contribution in [3.05, 3.63) is 48.0 Å². The van der Waals surface area contributed by atoms with Gasteiger partial charge < -0.3 is 10.1 Å². The molecule has 0 aliphatic heterocycles. The summed E-state index contributed by atoms with van der Waals surface area (Å²) in [5.74, 6) is 0.550. The molecule has 2 aromatic rings. The zero-order valence-corrected chi connectivity index (χ0v) is 12.6. The van der Waals surface area contributed by atoms with Crippen LogP contribution in [0.1, 0.15) is 19.4 Å². The molecule has 0 aliphatic rings. The number of nitrogens with one attached hydrogen (secondary N) is 1. The van der Waals surface area contributed by atoms with Gasteiger partial charge in [0, 0.05) is 18.9 Å². The zero-order valence-electron chi connectivity index (χ0n) is 12.6. The molecule has 0 unspecified atom stereocenters. The molecule has 21 heavy (non-hydrogen) atoms. The Hall–Kier alpha value is -1.88. The molecule has 0 atom stereocenters. The van der Waals surface area contributed by atoms with Gasteiger partial charge in [-0.15, -0.1) is 0 Å². The Bertz CT molecular complexity index is 540. The second-order valence-electron chi connectivity index (χ2n) is 5.41. The highest BCUT2D eigenvalue weighted by Crippen LogP contribution is 2.18. The van der Waals surface area contributed by atoms with Crippen molar-refractivity contribution in [1.29, 1.82) is 0 Å². The molecular weight excluding hydrogens is 269 g/mol. The Morgan fingerprint density at radius 1 is 1.38 bits per heavy atom. The fourth-order valence-electron chi connectivity index (χ4n) is 1.96. The number of hydrogen-bond donors (Lipinski definition) is 1. The number of nitrogens with zero attached hydrogens (tertiary/aromatic N) is 2. The van der Waals surface area contributed by atoms with E-state index >= 15 is 0 Å².